The van der Waals surface area contributed by atoms with Crippen LogP contribution in [0.25, 0.3) is 22.3 Å². The fourth-order valence-electron chi connectivity index (χ4n) is 4.48. The fourth-order valence-corrected chi connectivity index (χ4v) is 4.60. The fraction of sp³-hybridized carbons (Fsp3) is 0.143. The van der Waals surface area contributed by atoms with Crippen LogP contribution in [0.1, 0.15) is 17.5 Å². The van der Waals surface area contributed by atoms with Crippen LogP contribution >= 0.6 is 11.6 Å². The second-order valence-corrected chi connectivity index (χ2v) is 8.95. The average Bonchev–Trinajstić information content (AvgIpc) is 3.41. The predicted molar refractivity (Wildman–Crippen MR) is 140 cm³/mol. The van der Waals surface area contributed by atoms with Crippen molar-refractivity contribution in [3.8, 4) is 28.5 Å². The molecule has 178 valence electrons. The number of rotatable bonds is 6. The molecule has 0 saturated carbocycles. The normalized spacial score (nSPS) is 12.4. The van der Waals surface area contributed by atoms with Gasteiger partial charge in [0.25, 0.3) is 0 Å². The van der Waals surface area contributed by atoms with E-state index in [9.17, 15) is 0 Å². The molecule has 3 heterocycles. The third-order valence-electron chi connectivity index (χ3n) is 6.25. The SMILES string of the molecule is COc1cnc2c(Oc3ccc(Nc4nnc(-c5ccc(Cl)cc5)c5c4CCC5)cc3)ccnc2c1. The van der Waals surface area contributed by atoms with Gasteiger partial charge in [0.15, 0.2) is 11.6 Å². The van der Waals surface area contributed by atoms with Crippen LogP contribution in [0.4, 0.5) is 11.5 Å². The number of halogens is 1. The lowest BCUT2D eigenvalue weighted by Gasteiger charge is -2.13. The summed E-state index contributed by atoms with van der Waals surface area (Å²) >= 11 is 6.06. The number of nitrogens with zero attached hydrogens (tertiary/aromatic N) is 4. The molecule has 0 radical (unpaired) electrons. The molecule has 1 N–H and O–H groups in total. The largest absolute Gasteiger partial charge is 0.495 e. The second-order valence-electron chi connectivity index (χ2n) is 8.52. The molecule has 0 fully saturated rings. The molecular formula is C28H22ClN5O2. The van der Waals surface area contributed by atoms with E-state index in [4.69, 9.17) is 21.1 Å². The Kier molecular flexibility index (Phi) is 5.83. The van der Waals surface area contributed by atoms with Crippen LogP contribution in [-0.2, 0) is 12.8 Å². The maximum atomic E-state index is 6.11. The van der Waals surface area contributed by atoms with Crippen molar-refractivity contribution in [3.05, 3.63) is 89.2 Å². The zero-order valence-corrected chi connectivity index (χ0v) is 20.3. The molecule has 0 amide bonds. The Morgan fingerprint density at radius 1 is 0.861 bits per heavy atom. The lowest BCUT2D eigenvalue weighted by Crippen LogP contribution is -2.03. The first-order valence-electron chi connectivity index (χ1n) is 11.7. The molecule has 8 heteroatoms. The van der Waals surface area contributed by atoms with E-state index in [2.05, 4.69) is 25.5 Å². The number of anilines is 2. The number of benzene rings is 2. The third-order valence-corrected chi connectivity index (χ3v) is 6.51. The van der Waals surface area contributed by atoms with Gasteiger partial charge in [0.1, 0.15) is 17.0 Å². The standard InChI is InChI=1S/C28H22ClN5O2/c1-35-21-15-24-27(31-16-21)25(13-14-30-24)36-20-11-9-19(10-12-20)32-28-23-4-2-3-22(23)26(33-34-28)17-5-7-18(29)8-6-17/h5-16H,2-4H2,1H3,(H,32,34). The first-order chi connectivity index (χ1) is 17.7. The highest BCUT2D eigenvalue weighted by molar-refractivity contribution is 6.30. The van der Waals surface area contributed by atoms with Gasteiger partial charge in [0, 0.05) is 40.2 Å². The number of pyridine rings is 2. The van der Waals surface area contributed by atoms with Gasteiger partial charge in [0.05, 0.1) is 24.5 Å². The Hall–Kier alpha value is -4.23. The van der Waals surface area contributed by atoms with Crippen molar-refractivity contribution in [2.75, 3.05) is 12.4 Å². The van der Waals surface area contributed by atoms with E-state index in [1.54, 1.807) is 25.6 Å². The van der Waals surface area contributed by atoms with Gasteiger partial charge in [-0.3, -0.25) is 4.98 Å². The highest BCUT2D eigenvalue weighted by Crippen LogP contribution is 2.36. The molecule has 3 aromatic heterocycles. The second kappa shape index (κ2) is 9.43. The van der Waals surface area contributed by atoms with Crippen LogP contribution in [0.3, 0.4) is 0 Å². The highest BCUT2D eigenvalue weighted by atomic mass is 35.5. The zero-order valence-electron chi connectivity index (χ0n) is 19.5. The molecule has 0 atom stereocenters. The van der Waals surface area contributed by atoms with Gasteiger partial charge in [-0.1, -0.05) is 23.7 Å². The molecule has 0 spiro atoms. The number of fused-ring (bicyclic) bond motifs is 2. The lowest BCUT2D eigenvalue weighted by atomic mass is 10.0. The van der Waals surface area contributed by atoms with E-state index in [1.807, 2.05) is 54.6 Å². The zero-order chi connectivity index (χ0) is 24.5. The van der Waals surface area contributed by atoms with Crippen LogP contribution in [0.5, 0.6) is 17.2 Å². The van der Waals surface area contributed by atoms with E-state index < -0.39 is 0 Å². The molecule has 0 aliphatic heterocycles. The molecular weight excluding hydrogens is 474 g/mol. The van der Waals surface area contributed by atoms with Gasteiger partial charge in [-0.25, -0.2) is 4.98 Å². The minimum absolute atomic E-state index is 0.629. The van der Waals surface area contributed by atoms with Crippen molar-refractivity contribution in [2.24, 2.45) is 0 Å². The van der Waals surface area contributed by atoms with Crippen LogP contribution in [-0.4, -0.2) is 27.3 Å². The Bertz CT molecular complexity index is 1560. The van der Waals surface area contributed by atoms with E-state index in [1.165, 1.54) is 11.1 Å². The summed E-state index contributed by atoms with van der Waals surface area (Å²) in [5, 5.41) is 13.2. The molecule has 1 aliphatic rings. The maximum absolute atomic E-state index is 6.11. The van der Waals surface area contributed by atoms with Crippen molar-refractivity contribution < 1.29 is 9.47 Å². The lowest BCUT2D eigenvalue weighted by molar-refractivity contribution is 0.413. The summed E-state index contributed by atoms with van der Waals surface area (Å²) in [6.07, 6.45) is 6.40. The van der Waals surface area contributed by atoms with Crippen LogP contribution in [0, 0.1) is 0 Å². The molecule has 6 rings (SSSR count). The molecule has 2 aromatic carbocycles. The van der Waals surface area contributed by atoms with E-state index >= 15 is 0 Å². The Morgan fingerprint density at radius 2 is 1.67 bits per heavy atom. The Labute approximate surface area is 213 Å². The third kappa shape index (κ3) is 4.29. The average molecular weight is 496 g/mol. The van der Waals surface area contributed by atoms with Gasteiger partial charge >= 0.3 is 0 Å². The summed E-state index contributed by atoms with van der Waals surface area (Å²) in [5.41, 5.74) is 6.74. The minimum atomic E-state index is 0.629. The van der Waals surface area contributed by atoms with Crippen molar-refractivity contribution in [2.45, 2.75) is 19.3 Å². The first-order valence-corrected chi connectivity index (χ1v) is 12.0. The smallest absolute Gasteiger partial charge is 0.156 e. The van der Waals surface area contributed by atoms with Gasteiger partial charge < -0.3 is 14.8 Å². The molecule has 0 bridgehead atoms. The molecule has 36 heavy (non-hydrogen) atoms. The Morgan fingerprint density at radius 3 is 2.47 bits per heavy atom. The van der Waals surface area contributed by atoms with Crippen molar-refractivity contribution in [1.82, 2.24) is 20.2 Å². The van der Waals surface area contributed by atoms with Crippen molar-refractivity contribution in [1.29, 1.82) is 0 Å². The topological polar surface area (TPSA) is 82.0 Å². The molecule has 7 nitrogen and oxygen atoms in total. The number of ether oxygens (including phenoxy) is 2. The monoisotopic (exact) mass is 495 g/mol. The number of hydrogen-bond acceptors (Lipinski definition) is 7. The number of hydrogen-bond donors (Lipinski definition) is 1. The number of aromatic nitrogens is 4. The minimum Gasteiger partial charge on any atom is -0.495 e. The summed E-state index contributed by atoms with van der Waals surface area (Å²) in [4.78, 5) is 8.80. The van der Waals surface area contributed by atoms with Crippen LogP contribution < -0.4 is 14.8 Å². The Balaban J connectivity index is 1.22. The van der Waals surface area contributed by atoms with Crippen LogP contribution in [0.2, 0.25) is 5.02 Å². The van der Waals surface area contributed by atoms with Crippen molar-refractivity contribution >= 4 is 34.1 Å². The molecule has 1 aliphatic carbocycles. The van der Waals surface area contributed by atoms with Gasteiger partial charge in [-0.05, 0) is 61.2 Å². The summed E-state index contributed by atoms with van der Waals surface area (Å²) in [6.45, 7) is 0. The van der Waals surface area contributed by atoms with Gasteiger partial charge in [0.2, 0.25) is 0 Å². The summed E-state index contributed by atoms with van der Waals surface area (Å²) in [7, 11) is 1.60. The van der Waals surface area contributed by atoms with Gasteiger partial charge in [-0.15, -0.1) is 10.2 Å². The number of nitrogens with one attached hydrogen (secondary N) is 1. The molecule has 0 unspecified atom stereocenters. The van der Waals surface area contributed by atoms with E-state index in [-0.39, 0.29) is 0 Å². The summed E-state index contributed by atoms with van der Waals surface area (Å²) in [6, 6.07) is 19.1. The van der Waals surface area contributed by atoms with Gasteiger partial charge in [-0.2, -0.15) is 0 Å². The van der Waals surface area contributed by atoms with E-state index in [0.29, 0.717) is 33.3 Å². The molecule has 5 aromatic rings. The summed E-state index contributed by atoms with van der Waals surface area (Å²) in [5.74, 6) is 2.77. The molecule has 0 saturated heterocycles. The summed E-state index contributed by atoms with van der Waals surface area (Å²) < 4.78 is 11.3. The van der Waals surface area contributed by atoms with Crippen LogP contribution in [0.15, 0.2) is 73.1 Å². The van der Waals surface area contributed by atoms with E-state index in [0.717, 1.165) is 42.0 Å². The van der Waals surface area contributed by atoms with Crippen molar-refractivity contribution in [3.63, 3.8) is 0 Å². The quantitative estimate of drug-likeness (QED) is 0.278. The number of methoxy groups -OCH3 is 1. The first kappa shape index (κ1) is 22.2. The maximum Gasteiger partial charge on any atom is 0.156 e. The predicted octanol–water partition coefficient (Wildman–Crippen LogP) is 6.77. The highest BCUT2D eigenvalue weighted by Gasteiger charge is 2.22.